The van der Waals surface area contributed by atoms with Crippen LogP contribution in [-0.4, -0.2) is 139 Å². The molecule has 0 saturated carbocycles. The average Bonchev–Trinajstić information content (AvgIpc) is 3.22. The van der Waals surface area contributed by atoms with E-state index in [0.717, 1.165) is 18.1 Å². The fourth-order valence-electron chi connectivity index (χ4n) is 4.13. The molecule has 0 bridgehead atoms. The Morgan fingerprint density at radius 2 is 0.909 bits per heavy atom. The first-order valence-corrected chi connectivity index (χ1v) is 28.3. The van der Waals surface area contributed by atoms with E-state index in [0.29, 0.717) is 17.1 Å². The van der Waals surface area contributed by atoms with E-state index in [1.165, 1.54) is 81.1 Å². The van der Waals surface area contributed by atoms with Crippen molar-refractivity contribution in [1.82, 2.24) is 0 Å². The van der Waals surface area contributed by atoms with Crippen LogP contribution in [-0.2, 0) is 87.2 Å². The van der Waals surface area contributed by atoms with Crippen molar-refractivity contribution < 1.29 is 247 Å². The molecule has 408 valence electrons. The van der Waals surface area contributed by atoms with Crippen molar-refractivity contribution in [1.29, 1.82) is 0 Å². The molecule has 0 spiro atoms. The number of halogens is 1. The molecule has 77 heavy (non-hydrogen) atoms. The van der Waals surface area contributed by atoms with Crippen LogP contribution in [0, 0.1) is 0 Å². The molecule has 1 atom stereocenters. The van der Waals surface area contributed by atoms with Gasteiger partial charge in [0.1, 0.15) is 6.61 Å². The minimum Gasteiger partial charge on any atom is -0.549 e. The molecule has 4 N–H and O–H groups in total. The number of hydrogen-bond donors (Lipinski definition) is 4. The van der Waals surface area contributed by atoms with Gasteiger partial charge in [-0.25, -0.2) is 38.5 Å². The molecule has 0 aliphatic heterocycles. The number of amides is 3. The van der Waals surface area contributed by atoms with Gasteiger partial charge in [-0.15, -0.1) is 11.8 Å². The number of thioether (sulfide) groups is 1. The molecule has 0 aliphatic rings. The van der Waals surface area contributed by atoms with E-state index in [1.807, 2.05) is 13.8 Å². The number of nitrogens with one attached hydrogen (secondary N) is 3. The summed E-state index contributed by atoms with van der Waals surface area (Å²) in [6.07, 6.45) is 0.836. The van der Waals surface area contributed by atoms with Crippen LogP contribution >= 0.6 is 23.4 Å². The van der Waals surface area contributed by atoms with Gasteiger partial charge in [0, 0.05) is 61.7 Å². The van der Waals surface area contributed by atoms with E-state index in [9.17, 15) is 97.2 Å². The van der Waals surface area contributed by atoms with Gasteiger partial charge in [-0.3, -0.25) is 19.2 Å². The summed E-state index contributed by atoms with van der Waals surface area (Å²) >= 11 is 6.49. The number of alkyl halides is 1. The quantitative estimate of drug-likeness (QED) is 0.0375. The molecule has 0 saturated heterocycles. The van der Waals surface area contributed by atoms with Crippen molar-refractivity contribution in [3.8, 4) is 0 Å². The molecule has 3 aromatic carbocycles. The number of hydrogen-bond acceptors (Lipinski definition) is 23. The monoisotopic (exact) mass is 1260 g/mol. The van der Waals surface area contributed by atoms with Crippen LogP contribution in [0.3, 0.4) is 0 Å². The minimum atomic E-state index is -4.13. The van der Waals surface area contributed by atoms with Gasteiger partial charge in [0.25, 0.3) is 0 Å². The van der Waals surface area contributed by atoms with E-state index in [2.05, 4.69) is 20.7 Å². The van der Waals surface area contributed by atoms with E-state index in [4.69, 9.17) is 16.7 Å². The van der Waals surface area contributed by atoms with E-state index < -0.39 is 103 Å². The van der Waals surface area contributed by atoms with Crippen LogP contribution in [0.1, 0.15) is 41.5 Å². The van der Waals surface area contributed by atoms with Gasteiger partial charge in [-0.2, -0.15) is 0 Å². The Morgan fingerprint density at radius 1 is 0.571 bits per heavy atom. The van der Waals surface area contributed by atoms with Gasteiger partial charge in [-0.05, 0) is 72.8 Å². The number of ether oxygens (including phenoxy) is 1. The second-order valence-electron chi connectivity index (χ2n) is 13.4. The van der Waals surface area contributed by atoms with Gasteiger partial charge >= 0.3 is 152 Å². The smallest absolute Gasteiger partial charge is 0.549 e. The van der Waals surface area contributed by atoms with Crippen molar-refractivity contribution in [2.75, 3.05) is 57.6 Å². The Balaban J connectivity index is -0.000000159. The van der Waals surface area contributed by atoms with E-state index in [-0.39, 0.29) is 180 Å². The molecule has 36 heteroatoms. The van der Waals surface area contributed by atoms with Gasteiger partial charge in [-0.1, -0.05) is 25.4 Å². The molecule has 0 fully saturated rings. The largest absolute Gasteiger partial charge is 1.00 e. The number of benzene rings is 3. The van der Waals surface area contributed by atoms with Gasteiger partial charge in [0.15, 0.2) is 29.5 Å². The van der Waals surface area contributed by atoms with E-state index >= 15 is 0 Å². The summed E-state index contributed by atoms with van der Waals surface area (Å²) in [5, 5.41) is 56.0. The first-order chi connectivity index (χ1) is 33.4. The van der Waals surface area contributed by atoms with Crippen LogP contribution in [0.5, 0.6) is 0 Å². The normalized spacial score (nSPS) is 10.3. The molecule has 3 rings (SSSR count). The summed E-state index contributed by atoms with van der Waals surface area (Å²) in [5.41, 5.74) is 1.54. The van der Waals surface area contributed by atoms with Crippen LogP contribution in [0.4, 0.5) is 17.1 Å². The molecule has 1 unspecified atom stereocenters. The summed E-state index contributed by atoms with van der Waals surface area (Å²) in [7, 11) is -15.1. The summed E-state index contributed by atoms with van der Waals surface area (Å²) < 4.78 is 90.3. The van der Waals surface area contributed by atoms with Crippen LogP contribution in [0.2, 0.25) is 0 Å². The molecular formula is C41H50ClKN3Na3O23S5. The molecular weight excluding hydrogens is 1210 g/mol. The van der Waals surface area contributed by atoms with Crippen molar-refractivity contribution >= 4 is 133 Å². The van der Waals surface area contributed by atoms with Gasteiger partial charge in [0.05, 0.1) is 56.7 Å². The molecule has 0 radical (unpaired) electrons. The predicted molar refractivity (Wildman–Crippen MR) is 256 cm³/mol. The number of esters is 1. The summed E-state index contributed by atoms with van der Waals surface area (Å²) in [5.74, 6) is -12.5. The third kappa shape index (κ3) is 48.4. The average molecular weight is 1260 g/mol. The Hall–Kier alpha value is -2.03. The Morgan fingerprint density at radius 3 is 1.18 bits per heavy atom. The predicted octanol–water partition coefficient (Wildman–Crippen LogP) is -14.7. The molecule has 0 aliphatic carbocycles. The second-order valence-corrected chi connectivity index (χ2v) is 23.4. The molecule has 3 amide bonds. The van der Waals surface area contributed by atoms with Crippen molar-refractivity contribution in [2.45, 2.75) is 60.9 Å². The molecule has 26 nitrogen and oxygen atoms in total. The fraction of sp³-hybridized carbons (Fsp3) is 0.341. The fourth-order valence-corrected chi connectivity index (χ4v) is 8.37. The standard InChI is InChI=1S/C10H10ClNO5S.C10H11NO5S.C10H11NO3S.C6H10O6S.C3H6O4S.C2H6.K.3Na/c1-6(13)12-7-2-4-8(5-3-7)18(16,17)9(11)10(14)15;1-7(12)11-8-2-4-9(5-3-8)17(15,16)6-10(13)14;1-7(12)11-8-2-4-9(5-3-8)15-6-10(13)14;1-5(7)12-2-3-13(10,11)4-6(8)9;1-8(6,7)2-3(4)5;1-2;;;;/h2-5,9H,1H3,(H,12,13)(H,14,15);2-5H,6H2,1H3,(H,11,12)(H,13,14);2-5H,6H2,1H3,(H,11,12)(H,13,14);2-4H2,1H3,(H,8,9);2H2,1H3,(H,4,5);1-2H3;;;;/q;;;;;;4*+1/p-4. The zero-order chi connectivity index (χ0) is 57.5. The minimum absolute atomic E-state index is 0. The topological polar surface area (TPSA) is 448 Å². The van der Waals surface area contributed by atoms with Gasteiger partial charge in [0.2, 0.25) is 32.3 Å². The first-order valence-electron chi connectivity index (χ1n) is 19.8. The third-order valence-corrected chi connectivity index (χ3v) is 14.1. The Bertz CT molecular complexity index is 2830. The number of sulfone groups is 4. The zero-order valence-corrected chi connectivity index (χ0v) is 57.6. The Kier molecular flexibility index (Phi) is 52.5. The van der Waals surface area contributed by atoms with Crippen molar-refractivity contribution in [3.63, 3.8) is 0 Å². The maximum absolute atomic E-state index is 11.7. The summed E-state index contributed by atoms with van der Waals surface area (Å²) in [4.78, 5) is 93.3. The van der Waals surface area contributed by atoms with E-state index in [1.54, 1.807) is 24.3 Å². The number of carboxylic acids is 5. The van der Waals surface area contributed by atoms with Gasteiger partial charge < -0.3 is 65.4 Å². The Labute approximate surface area is 563 Å². The van der Waals surface area contributed by atoms with Crippen LogP contribution in [0.25, 0.3) is 0 Å². The number of anilines is 3. The number of carboxylic acid groups (broad SMARTS) is 5. The van der Waals surface area contributed by atoms with Crippen LogP contribution in [0.15, 0.2) is 87.5 Å². The molecule has 0 aromatic heterocycles. The zero-order valence-electron chi connectivity index (χ0n) is 43.6. The number of carbonyl (C=O) groups is 9. The van der Waals surface area contributed by atoms with Crippen molar-refractivity contribution in [2.24, 2.45) is 0 Å². The maximum atomic E-state index is 11.7. The SMILES string of the molecule is CC.CC(=O)Nc1ccc(S(=O)(=O)C(Cl)C(=O)O)cc1.CC(=O)Nc1ccc(S(=O)(=O)CC(=O)[O-])cc1.CC(=O)Nc1ccc(SCC(=O)[O-])cc1.CC(=O)OCCS(=O)(=O)CC(=O)[O-].CS(=O)(=O)CC(=O)[O-].[K+].[Na+].[Na+].[Na+]. The second kappa shape index (κ2) is 45.6. The van der Waals surface area contributed by atoms with Crippen molar-refractivity contribution in [3.05, 3.63) is 72.8 Å². The van der Waals surface area contributed by atoms with Crippen LogP contribution < -0.4 is 176 Å². The molecule has 3 aromatic rings. The number of carbonyl (C=O) groups excluding carboxylic acids is 8. The third-order valence-electron chi connectivity index (χ3n) is 6.76. The maximum Gasteiger partial charge on any atom is 1.00 e. The first kappa shape index (κ1) is 88.8. The number of aliphatic carboxylic acids is 5. The summed E-state index contributed by atoms with van der Waals surface area (Å²) in [6, 6.07) is 17.2. The summed E-state index contributed by atoms with van der Waals surface area (Å²) in [6.45, 7) is 8.86. The number of rotatable bonds is 19. The molecule has 0 heterocycles.